The van der Waals surface area contributed by atoms with Crippen molar-refractivity contribution in [3.8, 4) is 11.8 Å². The van der Waals surface area contributed by atoms with Crippen molar-refractivity contribution in [1.82, 2.24) is 4.98 Å². The lowest BCUT2D eigenvalue weighted by Gasteiger charge is -2.07. The summed E-state index contributed by atoms with van der Waals surface area (Å²) < 4.78 is 0. The van der Waals surface area contributed by atoms with Crippen LogP contribution in [0.1, 0.15) is 16.1 Å². The van der Waals surface area contributed by atoms with E-state index in [4.69, 9.17) is 28.9 Å². The molecule has 0 saturated heterocycles. The Labute approximate surface area is 132 Å². The SMILES string of the molecule is NCC#Cc1ccc(C(=O)Nc2cc(Cl)ccc2Cl)nc1. The predicted molar refractivity (Wildman–Crippen MR) is 84.6 cm³/mol. The maximum Gasteiger partial charge on any atom is 0.274 e. The molecule has 3 N–H and O–H groups in total. The van der Waals surface area contributed by atoms with E-state index in [2.05, 4.69) is 22.1 Å². The van der Waals surface area contributed by atoms with Gasteiger partial charge in [0.15, 0.2) is 0 Å². The summed E-state index contributed by atoms with van der Waals surface area (Å²) in [4.78, 5) is 16.1. The highest BCUT2D eigenvalue weighted by Crippen LogP contribution is 2.25. The van der Waals surface area contributed by atoms with Crippen molar-refractivity contribution in [2.75, 3.05) is 11.9 Å². The fraction of sp³-hybridized carbons (Fsp3) is 0.0667. The molecule has 0 aliphatic rings. The third kappa shape index (κ3) is 4.20. The Kier molecular flexibility index (Phi) is 5.18. The molecule has 1 amide bonds. The van der Waals surface area contributed by atoms with Crippen molar-refractivity contribution in [3.05, 3.63) is 57.8 Å². The van der Waals surface area contributed by atoms with E-state index in [0.29, 0.717) is 21.3 Å². The smallest absolute Gasteiger partial charge is 0.274 e. The summed E-state index contributed by atoms with van der Waals surface area (Å²) in [5.41, 5.74) is 6.67. The third-order valence-electron chi connectivity index (χ3n) is 2.51. The monoisotopic (exact) mass is 319 g/mol. The first-order chi connectivity index (χ1) is 10.1. The van der Waals surface area contributed by atoms with E-state index >= 15 is 0 Å². The Balaban J connectivity index is 2.15. The summed E-state index contributed by atoms with van der Waals surface area (Å²) in [5, 5.41) is 3.54. The minimum Gasteiger partial charge on any atom is -0.320 e. The molecule has 0 unspecified atom stereocenters. The van der Waals surface area contributed by atoms with Crippen molar-refractivity contribution in [2.45, 2.75) is 0 Å². The lowest BCUT2D eigenvalue weighted by atomic mass is 10.2. The summed E-state index contributed by atoms with van der Waals surface area (Å²) in [6.07, 6.45) is 1.51. The van der Waals surface area contributed by atoms with Gasteiger partial charge in [-0.2, -0.15) is 0 Å². The maximum absolute atomic E-state index is 12.1. The maximum atomic E-state index is 12.1. The van der Waals surface area contributed by atoms with Crippen LogP contribution in [0, 0.1) is 11.8 Å². The summed E-state index contributed by atoms with van der Waals surface area (Å²) in [6.45, 7) is 0.273. The average molecular weight is 320 g/mol. The van der Waals surface area contributed by atoms with Crippen molar-refractivity contribution < 1.29 is 4.79 Å². The molecule has 0 spiro atoms. The minimum absolute atomic E-state index is 0.254. The molecular formula is C15H11Cl2N3O. The number of carbonyl (C=O) groups excluding carboxylic acids is 1. The van der Waals surface area contributed by atoms with Gasteiger partial charge in [0.05, 0.1) is 17.3 Å². The molecule has 0 saturated carbocycles. The zero-order chi connectivity index (χ0) is 15.2. The van der Waals surface area contributed by atoms with E-state index in [1.807, 2.05) is 0 Å². The number of halogens is 2. The van der Waals surface area contributed by atoms with Gasteiger partial charge in [-0.25, -0.2) is 4.98 Å². The van der Waals surface area contributed by atoms with Gasteiger partial charge in [-0.05, 0) is 30.3 Å². The molecule has 0 radical (unpaired) electrons. The summed E-state index contributed by atoms with van der Waals surface area (Å²) in [5.74, 6) is 5.16. The van der Waals surface area contributed by atoms with Gasteiger partial charge in [-0.1, -0.05) is 35.0 Å². The molecule has 4 nitrogen and oxygen atoms in total. The molecule has 0 bridgehead atoms. The highest BCUT2D eigenvalue weighted by Gasteiger charge is 2.10. The fourth-order valence-electron chi connectivity index (χ4n) is 1.53. The standard InChI is InChI=1S/C15H11Cl2N3O/c16-11-4-5-12(17)14(8-11)20-15(21)13-6-3-10(9-19-13)2-1-7-18/h3-6,8-9H,7,18H2,(H,20,21). The first-order valence-corrected chi connectivity index (χ1v) is 6.77. The second kappa shape index (κ2) is 7.09. The Bertz CT molecular complexity index is 718. The Morgan fingerprint density at radius 1 is 1.29 bits per heavy atom. The van der Waals surface area contributed by atoms with Crippen LogP contribution in [0.3, 0.4) is 0 Å². The van der Waals surface area contributed by atoms with Crippen LogP contribution in [-0.4, -0.2) is 17.4 Å². The second-order valence-corrected chi connectivity index (χ2v) is 4.86. The van der Waals surface area contributed by atoms with E-state index in [9.17, 15) is 4.79 Å². The Hall–Kier alpha value is -2.06. The Morgan fingerprint density at radius 3 is 2.76 bits per heavy atom. The number of nitrogens with two attached hydrogens (primary N) is 1. The number of carbonyl (C=O) groups is 1. The molecular weight excluding hydrogens is 309 g/mol. The molecule has 21 heavy (non-hydrogen) atoms. The number of anilines is 1. The van der Waals surface area contributed by atoms with Crippen LogP contribution < -0.4 is 11.1 Å². The molecule has 6 heteroatoms. The van der Waals surface area contributed by atoms with Crippen molar-refractivity contribution in [1.29, 1.82) is 0 Å². The van der Waals surface area contributed by atoms with Gasteiger partial charge in [-0.15, -0.1) is 0 Å². The van der Waals surface area contributed by atoms with Gasteiger partial charge >= 0.3 is 0 Å². The number of pyridine rings is 1. The van der Waals surface area contributed by atoms with Crippen LogP contribution in [0.2, 0.25) is 10.0 Å². The molecule has 2 aromatic rings. The number of hydrogen-bond acceptors (Lipinski definition) is 3. The zero-order valence-corrected chi connectivity index (χ0v) is 12.4. The lowest BCUT2D eigenvalue weighted by Crippen LogP contribution is -2.13. The molecule has 0 aliphatic carbocycles. The zero-order valence-electron chi connectivity index (χ0n) is 10.9. The summed E-state index contributed by atoms with van der Waals surface area (Å²) in [7, 11) is 0. The number of rotatable bonds is 2. The number of benzene rings is 1. The van der Waals surface area contributed by atoms with Gasteiger partial charge in [0.1, 0.15) is 5.69 Å². The fourth-order valence-corrected chi connectivity index (χ4v) is 1.87. The van der Waals surface area contributed by atoms with Crippen LogP contribution in [0.5, 0.6) is 0 Å². The highest BCUT2D eigenvalue weighted by atomic mass is 35.5. The molecule has 106 valence electrons. The van der Waals surface area contributed by atoms with Gasteiger partial charge in [-0.3, -0.25) is 4.79 Å². The van der Waals surface area contributed by atoms with Crippen LogP contribution in [0.15, 0.2) is 36.5 Å². The first kappa shape index (κ1) is 15.3. The number of nitrogens with zero attached hydrogens (tertiary/aromatic N) is 1. The van der Waals surface area contributed by atoms with Crippen molar-refractivity contribution in [2.24, 2.45) is 5.73 Å². The van der Waals surface area contributed by atoms with Gasteiger partial charge in [0.2, 0.25) is 0 Å². The predicted octanol–water partition coefficient (Wildman–Crippen LogP) is 2.95. The number of aromatic nitrogens is 1. The lowest BCUT2D eigenvalue weighted by molar-refractivity contribution is 0.102. The van der Waals surface area contributed by atoms with Gasteiger partial charge in [0, 0.05) is 16.8 Å². The van der Waals surface area contributed by atoms with Gasteiger partial charge < -0.3 is 11.1 Å². The van der Waals surface area contributed by atoms with Gasteiger partial charge in [0.25, 0.3) is 5.91 Å². The van der Waals surface area contributed by atoms with E-state index < -0.39 is 0 Å². The third-order valence-corrected chi connectivity index (χ3v) is 3.07. The molecule has 0 aliphatic heterocycles. The molecule has 1 aromatic carbocycles. The molecule has 2 rings (SSSR count). The molecule has 1 heterocycles. The molecule has 0 atom stereocenters. The number of amides is 1. The highest BCUT2D eigenvalue weighted by molar-refractivity contribution is 6.35. The van der Waals surface area contributed by atoms with Crippen LogP contribution in [0.4, 0.5) is 5.69 Å². The van der Waals surface area contributed by atoms with E-state index in [1.165, 1.54) is 6.20 Å². The topological polar surface area (TPSA) is 68.0 Å². The van der Waals surface area contributed by atoms with Crippen LogP contribution in [-0.2, 0) is 0 Å². The van der Waals surface area contributed by atoms with E-state index in [-0.39, 0.29) is 18.1 Å². The molecule has 0 fully saturated rings. The summed E-state index contributed by atoms with van der Waals surface area (Å²) in [6, 6.07) is 8.10. The number of nitrogens with one attached hydrogen (secondary N) is 1. The van der Waals surface area contributed by atoms with Crippen molar-refractivity contribution in [3.63, 3.8) is 0 Å². The minimum atomic E-state index is -0.377. The van der Waals surface area contributed by atoms with Crippen molar-refractivity contribution >= 4 is 34.8 Å². The second-order valence-electron chi connectivity index (χ2n) is 4.02. The molecule has 1 aromatic heterocycles. The Morgan fingerprint density at radius 2 is 2.10 bits per heavy atom. The normalized spacial score (nSPS) is 9.67. The van der Waals surface area contributed by atoms with Crippen LogP contribution >= 0.6 is 23.2 Å². The average Bonchev–Trinajstić information content (AvgIpc) is 2.49. The largest absolute Gasteiger partial charge is 0.320 e. The quantitative estimate of drug-likeness (QED) is 0.836. The van der Waals surface area contributed by atoms with Crippen LogP contribution in [0.25, 0.3) is 0 Å². The number of hydrogen-bond donors (Lipinski definition) is 2. The first-order valence-electron chi connectivity index (χ1n) is 6.01. The van der Waals surface area contributed by atoms with E-state index in [1.54, 1.807) is 30.3 Å². The van der Waals surface area contributed by atoms with E-state index in [0.717, 1.165) is 0 Å². The summed E-state index contributed by atoms with van der Waals surface area (Å²) >= 11 is 11.9.